The van der Waals surface area contributed by atoms with Crippen LogP contribution in [0.15, 0.2) is 42.5 Å². The van der Waals surface area contributed by atoms with Crippen LogP contribution in [0.5, 0.6) is 0 Å². The molecule has 0 aromatic heterocycles. The van der Waals surface area contributed by atoms with Crippen molar-refractivity contribution < 1.29 is 5.11 Å². The summed E-state index contributed by atoms with van der Waals surface area (Å²) in [6, 6.07) is 10.6. The molecule has 0 spiro atoms. The van der Waals surface area contributed by atoms with Crippen molar-refractivity contribution in [1.29, 1.82) is 0 Å². The third kappa shape index (κ3) is 1.05. The average molecular weight is 186 g/mol. The van der Waals surface area contributed by atoms with Gasteiger partial charge in [-0.1, -0.05) is 42.5 Å². The highest BCUT2D eigenvalue weighted by atomic mass is 16.3. The quantitative estimate of drug-likeness (QED) is 0.667. The molecule has 3 rings (SSSR count). The molecule has 2 aliphatic carbocycles. The van der Waals surface area contributed by atoms with Crippen LogP contribution in [0.1, 0.15) is 17.9 Å². The van der Waals surface area contributed by atoms with E-state index in [0.29, 0.717) is 17.8 Å². The molecule has 72 valence electrons. The topological polar surface area (TPSA) is 20.2 Å². The van der Waals surface area contributed by atoms with Crippen LogP contribution in [0.2, 0.25) is 0 Å². The summed E-state index contributed by atoms with van der Waals surface area (Å²) in [7, 11) is 0. The van der Waals surface area contributed by atoms with Crippen molar-refractivity contribution in [3.63, 3.8) is 0 Å². The Bertz CT molecular complexity index is 355. The summed E-state index contributed by atoms with van der Waals surface area (Å²) in [4.78, 5) is 0. The third-order valence-electron chi connectivity index (χ3n) is 3.63. The van der Waals surface area contributed by atoms with Gasteiger partial charge < -0.3 is 5.11 Å². The van der Waals surface area contributed by atoms with Crippen molar-refractivity contribution in [1.82, 2.24) is 0 Å². The van der Waals surface area contributed by atoms with E-state index < -0.39 is 0 Å². The first kappa shape index (κ1) is 8.25. The van der Waals surface area contributed by atoms with Gasteiger partial charge in [-0.25, -0.2) is 0 Å². The SMILES string of the molecule is OC1C2C=CC1C(c1ccccc1)C2. The van der Waals surface area contributed by atoms with E-state index in [2.05, 4.69) is 36.4 Å². The molecule has 14 heavy (non-hydrogen) atoms. The van der Waals surface area contributed by atoms with Crippen LogP contribution in [0, 0.1) is 11.8 Å². The molecular weight excluding hydrogens is 172 g/mol. The van der Waals surface area contributed by atoms with Crippen LogP contribution in [0.25, 0.3) is 0 Å². The Morgan fingerprint density at radius 1 is 1.07 bits per heavy atom. The Morgan fingerprint density at radius 3 is 2.43 bits per heavy atom. The van der Waals surface area contributed by atoms with Crippen LogP contribution in [-0.4, -0.2) is 11.2 Å². The highest BCUT2D eigenvalue weighted by Gasteiger charge is 2.43. The largest absolute Gasteiger partial charge is 0.392 e. The first-order valence-electron chi connectivity index (χ1n) is 5.27. The molecule has 0 saturated heterocycles. The van der Waals surface area contributed by atoms with Gasteiger partial charge >= 0.3 is 0 Å². The Kier molecular flexibility index (Phi) is 1.74. The fourth-order valence-electron chi connectivity index (χ4n) is 2.88. The van der Waals surface area contributed by atoms with E-state index in [4.69, 9.17) is 0 Å². The molecule has 4 unspecified atom stereocenters. The fourth-order valence-corrected chi connectivity index (χ4v) is 2.88. The predicted octanol–water partition coefficient (Wildman–Crippen LogP) is 2.34. The van der Waals surface area contributed by atoms with Gasteiger partial charge in [-0.3, -0.25) is 0 Å². The number of aliphatic hydroxyl groups excluding tert-OH is 1. The Labute approximate surface area is 84.1 Å². The first-order chi connectivity index (χ1) is 6.86. The lowest BCUT2D eigenvalue weighted by Crippen LogP contribution is -2.14. The summed E-state index contributed by atoms with van der Waals surface area (Å²) in [6.45, 7) is 0. The number of rotatable bonds is 1. The molecule has 1 nitrogen and oxygen atoms in total. The zero-order valence-electron chi connectivity index (χ0n) is 8.01. The van der Waals surface area contributed by atoms with Gasteiger partial charge in [0.2, 0.25) is 0 Å². The van der Waals surface area contributed by atoms with Gasteiger partial charge in [0.05, 0.1) is 6.10 Å². The molecule has 2 aliphatic rings. The van der Waals surface area contributed by atoms with Gasteiger partial charge in [0.25, 0.3) is 0 Å². The fraction of sp³-hybridized carbons (Fsp3) is 0.385. The second-order valence-corrected chi connectivity index (χ2v) is 4.37. The standard InChI is InChI=1S/C13H14O/c14-13-10-6-7-11(13)12(8-10)9-4-2-1-3-5-9/h1-7,10-14H,8H2. The van der Waals surface area contributed by atoms with Gasteiger partial charge in [0.1, 0.15) is 0 Å². The summed E-state index contributed by atoms with van der Waals surface area (Å²) < 4.78 is 0. The van der Waals surface area contributed by atoms with Gasteiger partial charge in [0, 0.05) is 11.8 Å². The molecule has 1 heteroatoms. The second-order valence-electron chi connectivity index (χ2n) is 4.37. The molecule has 2 bridgehead atoms. The van der Waals surface area contributed by atoms with Crippen molar-refractivity contribution in [2.75, 3.05) is 0 Å². The van der Waals surface area contributed by atoms with Crippen LogP contribution < -0.4 is 0 Å². The zero-order chi connectivity index (χ0) is 9.54. The number of fused-ring (bicyclic) bond motifs is 2. The van der Waals surface area contributed by atoms with E-state index in [-0.39, 0.29) is 6.10 Å². The number of benzene rings is 1. The lowest BCUT2D eigenvalue weighted by molar-refractivity contribution is 0.135. The monoisotopic (exact) mass is 186 g/mol. The minimum absolute atomic E-state index is 0.125. The zero-order valence-corrected chi connectivity index (χ0v) is 8.01. The minimum Gasteiger partial charge on any atom is -0.392 e. The maximum Gasteiger partial charge on any atom is 0.0671 e. The van der Waals surface area contributed by atoms with E-state index in [0.717, 1.165) is 6.42 Å². The molecule has 1 aromatic carbocycles. The summed E-state index contributed by atoms with van der Waals surface area (Å²) in [5.41, 5.74) is 1.38. The minimum atomic E-state index is -0.125. The molecule has 1 fully saturated rings. The Hall–Kier alpha value is -1.08. The van der Waals surface area contributed by atoms with Crippen LogP contribution >= 0.6 is 0 Å². The highest BCUT2D eigenvalue weighted by Crippen LogP contribution is 2.48. The van der Waals surface area contributed by atoms with Crippen molar-refractivity contribution in [2.45, 2.75) is 18.4 Å². The van der Waals surface area contributed by atoms with E-state index in [9.17, 15) is 5.11 Å². The normalized spacial score (nSPS) is 39.2. The van der Waals surface area contributed by atoms with Gasteiger partial charge in [-0.15, -0.1) is 0 Å². The van der Waals surface area contributed by atoms with Crippen molar-refractivity contribution in [3.8, 4) is 0 Å². The van der Waals surface area contributed by atoms with Crippen LogP contribution in [0.3, 0.4) is 0 Å². The van der Waals surface area contributed by atoms with E-state index >= 15 is 0 Å². The lowest BCUT2D eigenvalue weighted by atomic mass is 9.87. The Morgan fingerprint density at radius 2 is 1.86 bits per heavy atom. The molecule has 0 heterocycles. The number of hydrogen-bond donors (Lipinski definition) is 1. The molecule has 4 atom stereocenters. The van der Waals surface area contributed by atoms with Crippen LogP contribution in [-0.2, 0) is 0 Å². The summed E-state index contributed by atoms with van der Waals surface area (Å²) in [5, 5.41) is 9.90. The lowest BCUT2D eigenvalue weighted by Gasteiger charge is -2.18. The maximum absolute atomic E-state index is 9.90. The van der Waals surface area contributed by atoms with E-state index in [1.54, 1.807) is 0 Å². The van der Waals surface area contributed by atoms with Gasteiger partial charge in [-0.05, 0) is 17.9 Å². The average Bonchev–Trinajstić information content (AvgIpc) is 2.76. The third-order valence-corrected chi connectivity index (χ3v) is 3.63. The van der Waals surface area contributed by atoms with Crippen molar-refractivity contribution >= 4 is 0 Å². The summed E-state index contributed by atoms with van der Waals surface area (Å²) in [5.74, 6) is 1.31. The predicted molar refractivity (Wildman–Crippen MR) is 55.9 cm³/mol. The van der Waals surface area contributed by atoms with Crippen molar-refractivity contribution in [2.24, 2.45) is 11.8 Å². The molecular formula is C13H14O. The van der Waals surface area contributed by atoms with E-state index in [1.165, 1.54) is 5.56 Å². The van der Waals surface area contributed by atoms with E-state index in [1.807, 2.05) is 6.07 Å². The summed E-state index contributed by atoms with van der Waals surface area (Å²) >= 11 is 0. The first-order valence-corrected chi connectivity index (χ1v) is 5.27. The molecule has 0 amide bonds. The molecule has 0 radical (unpaired) electrons. The maximum atomic E-state index is 9.90. The Balaban J connectivity index is 1.93. The molecule has 1 saturated carbocycles. The van der Waals surface area contributed by atoms with Gasteiger partial charge in [-0.2, -0.15) is 0 Å². The summed E-state index contributed by atoms with van der Waals surface area (Å²) in [6.07, 6.45) is 5.36. The van der Waals surface area contributed by atoms with Crippen LogP contribution in [0.4, 0.5) is 0 Å². The smallest absolute Gasteiger partial charge is 0.0671 e. The molecule has 1 N–H and O–H groups in total. The van der Waals surface area contributed by atoms with Crippen molar-refractivity contribution in [3.05, 3.63) is 48.0 Å². The molecule has 0 aliphatic heterocycles. The number of aliphatic hydroxyl groups is 1. The number of hydrogen-bond acceptors (Lipinski definition) is 1. The highest BCUT2D eigenvalue weighted by molar-refractivity contribution is 5.29. The second kappa shape index (κ2) is 2.96. The van der Waals surface area contributed by atoms with Gasteiger partial charge in [0.15, 0.2) is 0 Å². The molecule has 1 aromatic rings.